The highest BCUT2D eigenvalue weighted by atomic mass is 32.2. The normalized spacial score (nSPS) is 13.7. The van der Waals surface area contributed by atoms with Crippen molar-refractivity contribution in [2.45, 2.75) is 18.3 Å². The third-order valence-electron chi connectivity index (χ3n) is 5.45. The van der Waals surface area contributed by atoms with E-state index in [-0.39, 0.29) is 29.8 Å². The maximum atomic E-state index is 13.8. The maximum absolute atomic E-state index is 13.8. The first kappa shape index (κ1) is 23.7. The van der Waals surface area contributed by atoms with Crippen LogP contribution in [0.4, 0.5) is 14.5 Å². The summed E-state index contributed by atoms with van der Waals surface area (Å²) in [5.74, 6) is 0.185. The summed E-state index contributed by atoms with van der Waals surface area (Å²) in [6.07, 6.45) is 1.70. The Morgan fingerprint density at radius 2 is 1.79 bits per heavy atom. The topological polar surface area (TPSA) is 63.5 Å². The third-order valence-corrected chi connectivity index (χ3v) is 6.40. The second-order valence-corrected chi connectivity index (χ2v) is 8.59. The first-order valence-electron chi connectivity index (χ1n) is 10.9. The van der Waals surface area contributed by atoms with Crippen LogP contribution in [0.3, 0.4) is 0 Å². The molecular weight excluding hydrogens is 460 g/mol. The molecule has 34 heavy (non-hydrogen) atoms. The summed E-state index contributed by atoms with van der Waals surface area (Å²) in [6, 6.07) is 12.6. The molecule has 0 bridgehead atoms. The fourth-order valence-electron chi connectivity index (χ4n) is 3.63. The molecule has 0 radical (unpaired) electrons. The van der Waals surface area contributed by atoms with Crippen molar-refractivity contribution in [2.75, 3.05) is 36.8 Å². The highest BCUT2D eigenvalue weighted by molar-refractivity contribution is 7.99. The van der Waals surface area contributed by atoms with Crippen LogP contribution in [0.5, 0.6) is 5.75 Å². The number of piperazine rings is 1. The molecule has 0 unspecified atom stereocenters. The Hall–Kier alpha value is -3.40. The molecule has 0 N–H and O–H groups in total. The average molecular weight is 486 g/mol. The Balaban J connectivity index is 1.31. The molecule has 3 aromatic rings. The first-order chi connectivity index (χ1) is 16.5. The lowest BCUT2D eigenvalue weighted by atomic mass is 10.2. The summed E-state index contributed by atoms with van der Waals surface area (Å²) in [6.45, 7) is 6.82. The van der Waals surface area contributed by atoms with Crippen molar-refractivity contribution in [2.24, 2.45) is 0 Å². The largest absolute Gasteiger partial charge is 0.483 e. The Kier molecular flexibility index (Phi) is 7.79. The van der Waals surface area contributed by atoms with Gasteiger partial charge in [0.2, 0.25) is 5.91 Å². The Bertz CT molecular complexity index is 1130. The fourth-order valence-corrected chi connectivity index (χ4v) is 4.50. The van der Waals surface area contributed by atoms with E-state index in [9.17, 15) is 13.6 Å². The first-order valence-corrected chi connectivity index (χ1v) is 11.8. The molecular formula is C24H25F2N5O2S. The van der Waals surface area contributed by atoms with Gasteiger partial charge in [0, 0.05) is 38.4 Å². The van der Waals surface area contributed by atoms with Gasteiger partial charge >= 0.3 is 0 Å². The minimum absolute atomic E-state index is 0.0149. The van der Waals surface area contributed by atoms with E-state index < -0.39 is 5.82 Å². The Labute approximate surface area is 201 Å². The molecule has 0 aliphatic carbocycles. The number of nitrogens with zero attached hydrogens (tertiary/aromatic N) is 5. The van der Waals surface area contributed by atoms with Gasteiger partial charge in [-0.2, -0.15) is 0 Å². The standard InChI is InChI=1S/C24H25F2N5O2S/c1-2-11-31-22(16-33-21-6-4-3-5-20(21)26)27-28-24(31)34-17-23(32)30-14-12-29(13-15-30)19-9-7-18(25)8-10-19/h2-10H,1,11-17H2. The molecule has 1 aromatic heterocycles. The zero-order valence-electron chi connectivity index (χ0n) is 18.6. The Morgan fingerprint density at radius 3 is 2.50 bits per heavy atom. The quantitative estimate of drug-likeness (QED) is 0.340. The van der Waals surface area contributed by atoms with Crippen LogP contribution in [0.2, 0.25) is 0 Å². The van der Waals surface area contributed by atoms with Gasteiger partial charge in [0.05, 0.1) is 5.75 Å². The van der Waals surface area contributed by atoms with Crippen LogP contribution in [-0.4, -0.2) is 57.5 Å². The summed E-state index contributed by atoms with van der Waals surface area (Å²) in [5, 5.41) is 8.92. The molecule has 1 saturated heterocycles. The maximum Gasteiger partial charge on any atom is 0.233 e. The highest BCUT2D eigenvalue weighted by Crippen LogP contribution is 2.22. The number of anilines is 1. The number of rotatable bonds is 9. The summed E-state index contributed by atoms with van der Waals surface area (Å²) in [5.41, 5.74) is 0.950. The van der Waals surface area contributed by atoms with Gasteiger partial charge in [-0.15, -0.1) is 16.8 Å². The molecule has 0 atom stereocenters. The van der Waals surface area contributed by atoms with Gasteiger partial charge in [-0.3, -0.25) is 9.36 Å². The molecule has 0 saturated carbocycles. The van der Waals surface area contributed by atoms with Gasteiger partial charge in [0.25, 0.3) is 0 Å². The summed E-state index contributed by atoms with van der Waals surface area (Å²) in [4.78, 5) is 16.7. The number of amides is 1. The van der Waals surface area contributed by atoms with Gasteiger partial charge in [0.15, 0.2) is 22.5 Å². The van der Waals surface area contributed by atoms with E-state index in [4.69, 9.17) is 4.74 Å². The van der Waals surface area contributed by atoms with Crippen molar-refractivity contribution in [1.29, 1.82) is 0 Å². The second-order valence-electron chi connectivity index (χ2n) is 7.65. The van der Waals surface area contributed by atoms with Crippen LogP contribution in [0.1, 0.15) is 5.82 Å². The summed E-state index contributed by atoms with van der Waals surface area (Å²) >= 11 is 1.30. The van der Waals surface area contributed by atoms with Gasteiger partial charge < -0.3 is 14.5 Å². The van der Waals surface area contributed by atoms with Crippen LogP contribution in [0.25, 0.3) is 0 Å². The lowest BCUT2D eigenvalue weighted by Crippen LogP contribution is -2.49. The Morgan fingerprint density at radius 1 is 1.06 bits per heavy atom. The number of carbonyl (C=O) groups excluding carboxylic acids is 1. The van der Waals surface area contributed by atoms with Crippen LogP contribution < -0.4 is 9.64 Å². The summed E-state index contributed by atoms with van der Waals surface area (Å²) < 4.78 is 34.3. The number of hydrogen-bond donors (Lipinski definition) is 0. The number of aromatic nitrogens is 3. The molecule has 1 amide bonds. The van der Waals surface area contributed by atoms with Gasteiger partial charge in [-0.05, 0) is 36.4 Å². The molecule has 2 heterocycles. The minimum atomic E-state index is -0.447. The molecule has 1 fully saturated rings. The van der Waals surface area contributed by atoms with E-state index in [0.29, 0.717) is 43.7 Å². The number of carbonyl (C=O) groups is 1. The number of para-hydroxylation sites is 1. The van der Waals surface area contributed by atoms with E-state index in [1.54, 1.807) is 41.0 Å². The molecule has 1 aliphatic heterocycles. The molecule has 178 valence electrons. The second kappa shape index (κ2) is 11.1. The van der Waals surface area contributed by atoms with Gasteiger partial charge in [0.1, 0.15) is 12.4 Å². The number of ether oxygens (including phenoxy) is 1. The van der Waals surface area contributed by atoms with E-state index >= 15 is 0 Å². The smallest absolute Gasteiger partial charge is 0.233 e. The predicted octanol–water partition coefficient (Wildman–Crippen LogP) is 3.76. The average Bonchev–Trinajstić information content (AvgIpc) is 3.24. The van der Waals surface area contributed by atoms with Crippen molar-refractivity contribution in [3.05, 3.63) is 78.6 Å². The van der Waals surface area contributed by atoms with Crippen molar-refractivity contribution < 1.29 is 18.3 Å². The minimum Gasteiger partial charge on any atom is -0.483 e. The lowest BCUT2D eigenvalue weighted by Gasteiger charge is -2.36. The van der Waals surface area contributed by atoms with E-state index in [2.05, 4.69) is 21.7 Å². The zero-order valence-corrected chi connectivity index (χ0v) is 19.4. The van der Waals surface area contributed by atoms with E-state index in [1.807, 2.05) is 4.90 Å². The number of hydrogen-bond acceptors (Lipinski definition) is 6. The van der Waals surface area contributed by atoms with Gasteiger partial charge in [-0.1, -0.05) is 30.0 Å². The number of allylic oxidation sites excluding steroid dienone is 1. The molecule has 10 heteroatoms. The van der Waals surface area contributed by atoms with Crippen LogP contribution in [-0.2, 0) is 17.9 Å². The molecule has 0 spiro atoms. The zero-order chi connectivity index (χ0) is 23.9. The number of benzene rings is 2. The third kappa shape index (κ3) is 5.74. The highest BCUT2D eigenvalue weighted by Gasteiger charge is 2.22. The number of thioether (sulfide) groups is 1. The van der Waals surface area contributed by atoms with E-state index in [1.165, 1.54) is 30.0 Å². The van der Waals surface area contributed by atoms with Crippen LogP contribution in [0, 0.1) is 11.6 Å². The van der Waals surface area contributed by atoms with Crippen molar-refractivity contribution in [1.82, 2.24) is 19.7 Å². The molecule has 4 rings (SSSR count). The van der Waals surface area contributed by atoms with Gasteiger partial charge in [-0.25, -0.2) is 8.78 Å². The monoisotopic (exact) mass is 485 g/mol. The van der Waals surface area contributed by atoms with E-state index in [0.717, 1.165) is 5.69 Å². The molecule has 1 aliphatic rings. The summed E-state index contributed by atoms with van der Waals surface area (Å²) in [7, 11) is 0. The SMILES string of the molecule is C=CCn1c(COc2ccccc2F)nnc1SCC(=O)N1CCN(c2ccc(F)cc2)CC1. The number of halogens is 2. The van der Waals surface area contributed by atoms with Crippen LogP contribution in [0.15, 0.2) is 66.3 Å². The lowest BCUT2D eigenvalue weighted by molar-refractivity contribution is -0.128. The van der Waals surface area contributed by atoms with Crippen molar-refractivity contribution in [3.63, 3.8) is 0 Å². The predicted molar refractivity (Wildman–Crippen MR) is 127 cm³/mol. The van der Waals surface area contributed by atoms with Crippen LogP contribution >= 0.6 is 11.8 Å². The van der Waals surface area contributed by atoms with Crippen molar-refractivity contribution in [3.8, 4) is 5.75 Å². The van der Waals surface area contributed by atoms with Crippen molar-refractivity contribution >= 4 is 23.4 Å². The molecule has 2 aromatic carbocycles. The molecule has 7 nitrogen and oxygen atoms in total. The fraction of sp³-hybridized carbons (Fsp3) is 0.292.